The molecule has 2 N–H and O–H groups in total. The lowest BCUT2D eigenvalue weighted by Crippen LogP contribution is -2.31. The van der Waals surface area contributed by atoms with E-state index in [9.17, 15) is 4.79 Å². The van der Waals surface area contributed by atoms with Gasteiger partial charge in [-0.05, 0) is 38.3 Å². The number of hydrogen-bond acceptors (Lipinski definition) is 5. The summed E-state index contributed by atoms with van der Waals surface area (Å²) in [6.45, 7) is 4.52. The lowest BCUT2D eigenvalue weighted by molar-refractivity contribution is 0.0727. The highest BCUT2D eigenvalue weighted by Crippen LogP contribution is 2.32. The molecule has 3 aromatic heterocycles. The standard InChI is InChI=1S/C18H20N6O/c1-11-5-6-17-22-14(10-23(17)9-11)18(25)24-7-3-4-15(24)13-8-16(19)21-12(2)20-13/h5-6,8-10,15H,3-4,7H2,1-2H3,(H2,19,20,21)/t15-/m1/s1. The molecule has 0 unspecified atom stereocenters. The SMILES string of the molecule is Cc1ccc2nc(C(=O)N3CCC[C@@H]3c3cc(N)nc(C)n3)cn2c1. The molecule has 4 heterocycles. The van der Waals surface area contributed by atoms with E-state index in [1.165, 1.54) is 0 Å². The Kier molecular flexibility index (Phi) is 3.63. The molecule has 1 saturated heterocycles. The summed E-state index contributed by atoms with van der Waals surface area (Å²) in [5, 5.41) is 0. The molecule has 1 aliphatic rings. The number of fused-ring (bicyclic) bond motifs is 1. The third kappa shape index (κ3) is 2.82. The minimum absolute atomic E-state index is 0.0707. The molecule has 1 fully saturated rings. The van der Waals surface area contributed by atoms with Gasteiger partial charge in [0.05, 0.1) is 11.7 Å². The topological polar surface area (TPSA) is 89.4 Å². The Morgan fingerprint density at radius 2 is 2.04 bits per heavy atom. The molecule has 0 bridgehead atoms. The van der Waals surface area contributed by atoms with Crippen LogP contribution >= 0.6 is 0 Å². The van der Waals surface area contributed by atoms with Gasteiger partial charge in [0, 0.05) is 25.0 Å². The van der Waals surface area contributed by atoms with Crippen molar-refractivity contribution in [1.82, 2.24) is 24.3 Å². The van der Waals surface area contributed by atoms with Gasteiger partial charge in [0.2, 0.25) is 0 Å². The van der Waals surface area contributed by atoms with Crippen molar-refractivity contribution in [2.24, 2.45) is 0 Å². The summed E-state index contributed by atoms with van der Waals surface area (Å²) in [7, 11) is 0. The van der Waals surface area contributed by atoms with Crippen LogP contribution in [0.1, 0.15) is 46.5 Å². The van der Waals surface area contributed by atoms with Crippen molar-refractivity contribution >= 4 is 17.4 Å². The normalized spacial score (nSPS) is 17.4. The van der Waals surface area contributed by atoms with E-state index in [1.807, 2.05) is 41.5 Å². The van der Waals surface area contributed by atoms with Crippen LogP contribution in [0.15, 0.2) is 30.6 Å². The van der Waals surface area contributed by atoms with Gasteiger partial charge in [-0.3, -0.25) is 4.79 Å². The van der Waals surface area contributed by atoms with Crippen LogP contribution in [0.25, 0.3) is 5.65 Å². The fourth-order valence-corrected chi connectivity index (χ4v) is 3.46. The van der Waals surface area contributed by atoms with Crippen molar-refractivity contribution in [2.75, 3.05) is 12.3 Å². The Morgan fingerprint density at radius 3 is 2.84 bits per heavy atom. The van der Waals surface area contributed by atoms with Gasteiger partial charge in [-0.25, -0.2) is 15.0 Å². The highest BCUT2D eigenvalue weighted by molar-refractivity contribution is 5.93. The Labute approximate surface area is 145 Å². The summed E-state index contributed by atoms with van der Waals surface area (Å²) >= 11 is 0. The first kappa shape index (κ1) is 15.6. The van der Waals surface area contributed by atoms with Crippen molar-refractivity contribution in [1.29, 1.82) is 0 Å². The molecule has 3 aromatic rings. The Bertz CT molecular complexity index is 943. The van der Waals surface area contributed by atoms with Gasteiger partial charge < -0.3 is 15.0 Å². The molecule has 7 nitrogen and oxygen atoms in total. The number of nitrogens with two attached hydrogens (primary N) is 1. The van der Waals surface area contributed by atoms with E-state index in [0.29, 0.717) is 23.9 Å². The number of nitrogen functional groups attached to an aromatic ring is 1. The van der Waals surface area contributed by atoms with E-state index in [-0.39, 0.29) is 11.9 Å². The summed E-state index contributed by atoms with van der Waals surface area (Å²) in [5.74, 6) is 0.987. The molecule has 7 heteroatoms. The molecular weight excluding hydrogens is 316 g/mol. The molecule has 0 aromatic carbocycles. The first-order valence-corrected chi connectivity index (χ1v) is 8.38. The van der Waals surface area contributed by atoms with Gasteiger partial charge in [-0.15, -0.1) is 0 Å². The first-order chi connectivity index (χ1) is 12.0. The summed E-state index contributed by atoms with van der Waals surface area (Å²) in [6.07, 6.45) is 5.56. The molecule has 0 aliphatic carbocycles. The number of anilines is 1. The van der Waals surface area contributed by atoms with Crippen molar-refractivity contribution in [3.63, 3.8) is 0 Å². The van der Waals surface area contributed by atoms with Gasteiger partial charge in [0.1, 0.15) is 23.0 Å². The number of pyridine rings is 1. The number of likely N-dealkylation sites (tertiary alicyclic amines) is 1. The Hall–Kier alpha value is -2.96. The quantitative estimate of drug-likeness (QED) is 0.775. The van der Waals surface area contributed by atoms with Crippen LogP contribution in [-0.2, 0) is 0 Å². The van der Waals surface area contributed by atoms with Gasteiger partial charge in [-0.1, -0.05) is 6.07 Å². The minimum Gasteiger partial charge on any atom is -0.384 e. The summed E-state index contributed by atoms with van der Waals surface area (Å²) in [5.41, 5.74) is 9.00. The molecule has 1 amide bonds. The van der Waals surface area contributed by atoms with Gasteiger partial charge in [-0.2, -0.15) is 0 Å². The predicted molar refractivity (Wildman–Crippen MR) is 94.1 cm³/mol. The van der Waals surface area contributed by atoms with Crippen molar-refractivity contribution in [3.8, 4) is 0 Å². The van der Waals surface area contributed by atoms with Crippen LogP contribution in [0.5, 0.6) is 0 Å². The van der Waals surface area contributed by atoms with Gasteiger partial charge in [0.15, 0.2) is 0 Å². The molecule has 4 rings (SSSR count). The summed E-state index contributed by atoms with van der Waals surface area (Å²) < 4.78 is 1.89. The summed E-state index contributed by atoms with van der Waals surface area (Å²) in [4.78, 5) is 28.0. The molecule has 0 radical (unpaired) electrons. The predicted octanol–water partition coefficient (Wildman–Crippen LogP) is 2.30. The second-order valence-electron chi connectivity index (χ2n) is 6.52. The van der Waals surface area contributed by atoms with Gasteiger partial charge >= 0.3 is 0 Å². The Morgan fingerprint density at radius 1 is 1.20 bits per heavy atom. The average Bonchev–Trinajstić information content (AvgIpc) is 3.19. The second kappa shape index (κ2) is 5.84. The second-order valence-corrected chi connectivity index (χ2v) is 6.52. The van der Waals surface area contributed by atoms with Crippen LogP contribution in [0.3, 0.4) is 0 Å². The van der Waals surface area contributed by atoms with Crippen LogP contribution in [-0.4, -0.2) is 36.7 Å². The maximum atomic E-state index is 13.0. The number of imidazole rings is 1. The molecule has 128 valence electrons. The maximum absolute atomic E-state index is 13.0. The third-order valence-electron chi connectivity index (χ3n) is 4.55. The largest absolute Gasteiger partial charge is 0.384 e. The highest BCUT2D eigenvalue weighted by atomic mass is 16.2. The molecular formula is C18H20N6O. The van der Waals surface area contributed by atoms with Crippen LogP contribution in [0.4, 0.5) is 5.82 Å². The lowest BCUT2D eigenvalue weighted by atomic mass is 10.1. The number of aromatic nitrogens is 4. The number of carbonyl (C=O) groups excluding carboxylic acids is 1. The van der Waals surface area contributed by atoms with Crippen molar-refractivity contribution in [2.45, 2.75) is 32.7 Å². The molecule has 1 aliphatic heterocycles. The number of amides is 1. The van der Waals surface area contributed by atoms with Crippen molar-refractivity contribution in [3.05, 3.63) is 53.4 Å². The first-order valence-electron chi connectivity index (χ1n) is 8.38. The lowest BCUT2D eigenvalue weighted by Gasteiger charge is -2.23. The van der Waals surface area contributed by atoms with Crippen LogP contribution in [0, 0.1) is 13.8 Å². The van der Waals surface area contributed by atoms with Crippen LogP contribution in [0.2, 0.25) is 0 Å². The number of aryl methyl sites for hydroxylation is 2. The fourth-order valence-electron chi connectivity index (χ4n) is 3.46. The van der Waals surface area contributed by atoms with Crippen LogP contribution < -0.4 is 5.73 Å². The van der Waals surface area contributed by atoms with E-state index in [2.05, 4.69) is 15.0 Å². The number of nitrogens with zero attached hydrogens (tertiary/aromatic N) is 5. The summed E-state index contributed by atoms with van der Waals surface area (Å²) in [6, 6.07) is 5.59. The fraction of sp³-hybridized carbons (Fsp3) is 0.333. The van der Waals surface area contributed by atoms with Crippen molar-refractivity contribution < 1.29 is 4.79 Å². The highest BCUT2D eigenvalue weighted by Gasteiger charge is 2.33. The smallest absolute Gasteiger partial charge is 0.274 e. The van der Waals surface area contributed by atoms with E-state index >= 15 is 0 Å². The zero-order valence-corrected chi connectivity index (χ0v) is 14.3. The molecule has 25 heavy (non-hydrogen) atoms. The van der Waals surface area contributed by atoms with Gasteiger partial charge in [0.25, 0.3) is 5.91 Å². The molecule has 0 saturated carbocycles. The Balaban J connectivity index is 1.67. The number of carbonyl (C=O) groups is 1. The third-order valence-corrected chi connectivity index (χ3v) is 4.55. The van der Waals surface area contributed by atoms with E-state index in [0.717, 1.165) is 29.7 Å². The molecule has 0 spiro atoms. The van der Waals surface area contributed by atoms with E-state index < -0.39 is 0 Å². The maximum Gasteiger partial charge on any atom is 0.274 e. The zero-order chi connectivity index (χ0) is 17.6. The monoisotopic (exact) mass is 336 g/mol. The van der Waals surface area contributed by atoms with E-state index in [1.54, 1.807) is 12.3 Å². The van der Waals surface area contributed by atoms with E-state index in [4.69, 9.17) is 5.73 Å². The minimum atomic E-state index is -0.0805. The molecule has 1 atom stereocenters. The zero-order valence-electron chi connectivity index (χ0n) is 14.3. The number of hydrogen-bond donors (Lipinski definition) is 1. The number of rotatable bonds is 2. The average molecular weight is 336 g/mol.